The maximum Gasteiger partial charge on any atom is 0.349 e. The maximum atomic E-state index is 10.2. The SMILES string of the molecule is C/C(NCCN)=C(/Cl)C(=O)O. The average molecular weight is 179 g/mol. The quantitative estimate of drug-likeness (QED) is 0.534. The Morgan fingerprint density at radius 3 is 2.64 bits per heavy atom. The van der Waals surface area contributed by atoms with E-state index in [4.69, 9.17) is 22.4 Å². The Kier molecular flexibility index (Phi) is 4.65. The van der Waals surface area contributed by atoms with Crippen molar-refractivity contribution in [2.75, 3.05) is 13.1 Å². The van der Waals surface area contributed by atoms with E-state index in [-0.39, 0.29) is 5.03 Å². The predicted octanol–water partition coefficient (Wildman–Crippen LogP) is 0.0896. The molecule has 0 aromatic rings. The number of carboxylic acids is 1. The van der Waals surface area contributed by atoms with Gasteiger partial charge in [0, 0.05) is 18.8 Å². The highest BCUT2D eigenvalue weighted by Crippen LogP contribution is 2.05. The van der Waals surface area contributed by atoms with Gasteiger partial charge in [-0.05, 0) is 6.92 Å². The molecule has 11 heavy (non-hydrogen) atoms. The molecule has 0 bridgehead atoms. The van der Waals surface area contributed by atoms with Crippen molar-refractivity contribution < 1.29 is 9.90 Å². The first-order valence-corrected chi connectivity index (χ1v) is 3.51. The minimum Gasteiger partial charge on any atom is -0.477 e. The highest BCUT2D eigenvalue weighted by atomic mass is 35.5. The van der Waals surface area contributed by atoms with Crippen LogP contribution in [0.25, 0.3) is 0 Å². The average Bonchev–Trinajstić information content (AvgIpc) is 1.98. The summed E-state index contributed by atoms with van der Waals surface area (Å²) in [5, 5.41) is 11.0. The number of rotatable bonds is 4. The number of halogens is 1. The van der Waals surface area contributed by atoms with E-state index in [0.717, 1.165) is 0 Å². The molecule has 0 aliphatic carbocycles. The Morgan fingerprint density at radius 2 is 2.27 bits per heavy atom. The van der Waals surface area contributed by atoms with Crippen LogP contribution in [0.4, 0.5) is 0 Å². The molecular formula is C6H11ClN2O2. The van der Waals surface area contributed by atoms with Crippen LogP contribution < -0.4 is 11.1 Å². The van der Waals surface area contributed by atoms with Crippen LogP contribution in [0.15, 0.2) is 10.7 Å². The van der Waals surface area contributed by atoms with Gasteiger partial charge < -0.3 is 16.2 Å². The van der Waals surface area contributed by atoms with E-state index < -0.39 is 5.97 Å². The number of nitrogens with one attached hydrogen (secondary N) is 1. The van der Waals surface area contributed by atoms with Crippen LogP contribution >= 0.6 is 11.6 Å². The third-order valence-corrected chi connectivity index (χ3v) is 1.50. The van der Waals surface area contributed by atoms with Crippen molar-refractivity contribution >= 4 is 17.6 Å². The van der Waals surface area contributed by atoms with Crippen LogP contribution in [0.2, 0.25) is 0 Å². The van der Waals surface area contributed by atoms with Gasteiger partial charge in [-0.25, -0.2) is 4.79 Å². The first-order valence-electron chi connectivity index (χ1n) is 3.13. The normalized spacial score (nSPS) is 12.3. The monoisotopic (exact) mass is 178 g/mol. The van der Waals surface area contributed by atoms with Gasteiger partial charge in [0.15, 0.2) is 0 Å². The van der Waals surface area contributed by atoms with Crippen molar-refractivity contribution in [2.24, 2.45) is 5.73 Å². The largest absolute Gasteiger partial charge is 0.477 e. The van der Waals surface area contributed by atoms with Crippen molar-refractivity contribution in [1.82, 2.24) is 5.32 Å². The van der Waals surface area contributed by atoms with Crippen molar-refractivity contribution in [1.29, 1.82) is 0 Å². The molecule has 64 valence electrons. The molecule has 0 aliphatic rings. The molecule has 0 radical (unpaired) electrons. The fourth-order valence-electron chi connectivity index (χ4n) is 0.498. The van der Waals surface area contributed by atoms with Crippen molar-refractivity contribution in [3.63, 3.8) is 0 Å². The van der Waals surface area contributed by atoms with Crippen LogP contribution in [0.5, 0.6) is 0 Å². The summed E-state index contributed by atoms with van der Waals surface area (Å²) in [6.45, 7) is 2.56. The Hall–Kier alpha value is -0.740. The predicted molar refractivity (Wildman–Crippen MR) is 43.2 cm³/mol. The maximum absolute atomic E-state index is 10.2. The highest BCUT2D eigenvalue weighted by Gasteiger charge is 2.06. The second-order valence-corrected chi connectivity index (χ2v) is 2.34. The van der Waals surface area contributed by atoms with Gasteiger partial charge in [-0.1, -0.05) is 11.6 Å². The molecule has 5 heteroatoms. The molecule has 0 fully saturated rings. The number of aliphatic carboxylic acids is 1. The Labute approximate surface area is 70.0 Å². The molecule has 0 atom stereocenters. The molecule has 0 unspecified atom stereocenters. The van der Waals surface area contributed by atoms with E-state index in [9.17, 15) is 4.79 Å². The molecule has 0 aromatic carbocycles. The van der Waals surface area contributed by atoms with Crippen LogP contribution in [0.3, 0.4) is 0 Å². The third-order valence-electron chi connectivity index (χ3n) is 1.05. The van der Waals surface area contributed by atoms with Gasteiger partial charge in [0.1, 0.15) is 5.03 Å². The van der Waals surface area contributed by atoms with E-state index in [2.05, 4.69) is 5.32 Å². The Bertz CT molecular complexity index is 179. The summed E-state index contributed by atoms with van der Waals surface area (Å²) >= 11 is 5.38. The van der Waals surface area contributed by atoms with Gasteiger partial charge in [0.2, 0.25) is 0 Å². The molecule has 0 heterocycles. The first-order chi connectivity index (χ1) is 5.09. The van der Waals surface area contributed by atoms with Gasteiger partial charge in [0.25, 0.3) is 0 Å². The lowest BCUT2D eigenvalue weighted by molar-refractivity contribution is -0.131. The Morgan fingerprint density at radius 1 is 1.73 bits per heavy atom. The molecule has 4 N–H and O–H groups in total. The molecule has 0 spiro atoms. The second kappa shape index (κ2) is 4.98. The number of carboxylic acid groups (broad SMARTS) is 1. The number of nitrogens with two attached hydrogens (primary N) is 1. The summed E-state index contributed by atoms with van der Waals surface area (Å²) in [5.41, 5.74) is 5.61. The lowest BCUT2D eigenvalue weighted by Crippen LogP contribution is -2.22. The van der Waals surface area contributed by atoms with Crippen LogP contribution in [0, 0.1) is 0 Å². The molecule has 0 saturated carbocycles. The summed E-state index contributed by atoms with van der Waals surface area (Å²) in [6, 6.07) is 0. The van der Waals surface area contributed by atoms with E-state index in [1.807, 2.05) is 0 Å². The van der Waals surface area contributed by atoms with Gasteiger partial charge in [0.05, 0.1) is 0 Å². The van der Waals surface area contributed by atoms with Crippen LogP contribution in [-0.4, -0.2) is 24.2 Å². The molecule has 0 amide bonds. The zero-order chi connectivity index (χ0) is 8.85. The van der Waals surface area contributed by atoms with Crippen LogP contribution in [0.1, 0.15) is 6.92 Å². The minimum absolute atomic E-state index is 0.196. The lowest BCUT2D eigenvalue weighted by Gasteiger charge is -2.04. The Balaban J connectivity index is 4.05. The molecule has 0 aliphatic heterocycles. The zero-order valence-electron chi connectivity index (χ0n) is 6.22. The topological polar surface area (TPSA) is 75.3 Å². The van der Waals surface area contributed by atoms with Gasteiger partial charge in [-0.15, -0.1) is 0 Å². The molecule has 4 nitrogen and oxygen atoms in total. The summed E-state index contributed by atoms with van der Waals surface area (Å²) in [7, 11) is 0. The summed E-state index contributed by atoms with van der Waals surface area (Å²) in [4.78, 5) is 10.2. The zero-order valence-corrected chi connectivity index (χ0v) is 6.98. The fourth-order valence-corrected chi connectivity index (χ4v) is 0.564. The summed E-state index contributed by atoms with van der Waals surface area (Å²) in [6.07, 6.45) is 0. The number of allylic oxidation sites excluding steroid dienone is 1. The van der Waals surface area contributed by atoms with Crippen molar-refractivity contribution in [2.45, 2.75) is 6.92 Å². The first kappa shape index (κ1) is 10.3. The standard InChI is InChI=1S/C6H11ClN2O2/c1-4(9-3-2-8)5(7)6(10)11/h9H,2-3,8H2,1H3,(H,10,11)/b5-4-. The molecule has 0 rings (SSSR count). The number of carbonyl (C=O) groups is 1. The van der Waals surface area contributed by atoms with E-state index in [1.54, 1.807) is 6.92 Å². The minimum atomic E-state index is -1.13. The van der Waals surface area contributed by atoms with Crippen molar-refractivity contribution in [3.8, 4) is 0 Å². The number of hydrogen-bond donors (Lipinski definition) is 3. The van der Waals surface area contributed by atoms with Gasteiger partial charge in [-0.2, -0.15) is 0 Å². The second-order valence-electron chi connectivity index (χ2n) is 1.96. The van der Waals surface area contributed by atoms with Crippen LogP contribution in [-0.2, 0) is 4.79 Å². The molecular weight excluding hydrogens is 168 g/mol. The lowest BCUT2D eigenvalue weighted by atomic mass is 10.4. The summed E-state index contributed by atoms with van der Waals surface area (Å²) < 4.78 is 0. The highest BCUT2D eigenvalue weighted by molar-refractivity contribution is 6.41. The van der Waals surface area contributed by atoms with Gasteiger partial charge >= 0.3 is 5.97 Å². The van der Waals surface area contributed by atoms with Crippen molar-refractivity contribution in [3.05, 3.63) is 10.7 Å². The molecule has 0 saturated heterocycles. The number of hydrogen-bond acceptors (Lipinski definition) is 3. The fraction of sp³-hybridized carbons (Fsp3) is 0.500. The van der Waals surface area contributed by atoms with E-state index >= 15 is 0 Å². The van der Waals surface area contributed by atoms with E-state index in [1.165, 1.54) is 0 Å². The van der Waals surface area contributed by atoms with E-state index in [0.29, 0.717) is 18.8 Å². The summed E-state index contributed by atoms with van der Waals surface area (Å²) in [5.74, 6) is -1.13. The smallest absolute Gasteiger partial charge is 0.349 e. The van der Waals surface area contributed by atoms with Gasteiger partial charge in [-0.3, -0.25) is 0 Å². The third kappa shape index (κ3) is 3.85. The molecule has 0 aromatic heterocycles.